The van der Waals surface area contributed by atoms with Gasteiger partial charge in [-0.1, -0.05) is 30.3 Å². The van der Waals surface area contributed by atoms with E-state index in [1.807, 2.05) is 30.3 Å². The van der Waals surface area contributed by atoms with Crippen molar-refractivity contribution in [2.45, 2.75) is 45.4 Å². The fraction of sp³-hybridized carbons (Fsp3) is 0.368. The third-order valence-corrected chi connectivity index (χ3v) is 3.18. The molecule has 0 aliphatic rings. The van der Waals surface area contributed by atoms with E-state index in [9.17, 15) is 9.59 Å². The first-order valence-corrected chi connectivity index (χ1v) is 8.06. The Balaban J connectivity index is 1.96. The van der Waals surface area contributed by atoms with Crippen molar-refractivity contribution in [3.05, 3.63) is 60.1 Å². The molecule has 0 bridgehead atoms. The van der Waals surface area contributed by atoms with Crippen LogP contribution in [0.15, 0.2) is 53.1 Å². The first-order valence-electron chi connectivity index (χ1n) is 8.06. The number of ether oxygens (including phenoxy) is 2. The summed E-state index contributed by atoms with van der Waals surface area (Å²) in [6, 6.07) is 11.8. The van der Waals surface area contributed by atoms with Crippen LogP contribution >= 0.6 is 0 Å². The van der Waals surface area contributed by atoms with Gasteiger partial charge in [-0.25, -0.2) is 9.59 Å². The first kappa shape index (κ1) is 18.6. The molecule has 1 heterocycles. The van der Waals surface area contributed by atoms with Gasteiger partial charge in [-0.15, -0.1) is 0 Å². The number of nitrogens with one attached hydrogen (secondary N) is 1. The summed E-state index contributed by atoms with van der Waals surface area (Å²) in [6.45, 7) is 5.42. The smallest absolute Gasteiger partial charge is 0.408 e. The molecule has 2 rings (SSSR count). The van der Waals surface area contributed by atoms with E-state index >= 15 is 0 Å². The van der Waals surface area contributed by atoms with E-state index in [0.717, 1.165) is 5.56 Å². The predicted molar refractivity (Wildman–Crippen MR) is 91.8 cm³/mol. The molecule has 6 heteroatoms. The molecule has 0 saturated heterocycles. The molecule has 0 saturated carbocycles. The summed E-state index contributed by atoms with van der Waals surface area (Å²) in [6.07, 6.45) is 1.00. The van der Waals surface area contributed by atoms with Gasteiger partial charge in [0, 0.05) is 6.42 Å². The Hall–Kier alpha value is -2.76. The highest BCUT2D eigenvalue weighted by molar-refractivity contribution is 5.81. The van der Waals surface area contributed by atoms with Gasteiger partial charge in [0.25, 0.3) is 0 Å². The molecular weight excluding hydrogens is 322 g/mol. The highest BCUT2D eigenvalue weighted by Gasteiger charge is 2.28. The number of benzene rings is 1. The van der Waals surface area contributed by atoms with Crippen LogP contribution in [0, 0.1) is 0 Å². The lowest BCUT2D eigenvalue weighted by Gasteiger charge is -2.24. The van der Waals surface area contributed by atoms with Crippen LogP contribution in [0.5, 0.6) is 0 Å². The van der Waals surface area contributed by atoms with Crippen LogP contribution in [0.4, 0.5) is 4.79 Å². The standard InChI is InChI=1S/C19H23NO5/c1-19(2,3)25-17(21)16(12-15-10-7-11-23-15)20-18(22)24-13-14-8-5-4-6-9-14/h4-11,16H,12-13H2,1-3H3,(H,20,22)/t16-/m1/s1. The molecule has 6 nitrogen and oxygen atoms in total. The Morgan fingerprint density at radius 1 is 1.12 bits per heavy atom. The van der Waals surface area contributed by atoms with Gasteiger partial charge in [0.05, 0.1) is 6.26 Å². The van der Waals surface area contributed by atoms with Gasteiger partial charge in [0.15, 0.2) is 0 Å². The molecule has 1 amide bonds. The Morgan fingerprint density at radius 3 is 2.44 bits per heavy atom. The van der Waals surface area contributed by atoms with Crippen molar-refractivity contribution in [3.8, 4) is 0 Å². The van der Waals surface area contributed by atoms with Crippen LogP contribution in [0.25, 0.3) is 0 Å². The fourth-order valence-electron chi connectivity index (χ4n) is 2.10. The zero-order chi connectivity index (χ0) is 18.3. The SMILES string of the molecule is CC(C)(C)OC(=O)[C@@H](Cc1ccco1)NC(=O)OCc1ccccc1. The van der Waals surface area contributed by atoms with Crippen molar-refractivity contribution >= 4 is 12.1 Å². The van der Waals surface area contributed by atoms with Crippen LogP contribution in [-0.2, 0) is 27.3 Å². The number of amides is 1. The third-order valence-electron chi connectivity index (χ3n) is 3.18. The molecule has 0 aliphatic carbocycles. The Kier molecular flexibility index (Phi) is 6.22. The zero-order valence-corrected chi connectivity index (χ0v) is 14.7. The van der Waals surface area contributed by atoms with Gasteiger partial charge in [-0.05, 0) is 38.5 Å². The van der Waals surface area contributed by atoms with Gasteiger partial charge in [0.1, 0.15) is 24.0 Å². The van der Waals surface area contributed by atoms with E-state index in [4.69, 9.17) is 13.9 Å². The van der Waals surface area contributed by atoms with Gasteiger partial charge in [0.2, 0.25) is 0 Å². The number of hydrogen-bond donors (Lipinski definition) is 1. The van der Waals surface area contributed by atoms with Gasteiger partial charge >= 0.3 is 12.1 Å². The van der Waals surface area contributed by atoms with Crippen molar-refractivity contribution in [3.63, 3.8) is 0 Å². The number of hydrogen-bond acceptors (Lipinski definition) is 5. The minimum absolute atomic E-state index is 0.120. The Bertz CT molecular complexity index is 674. The van der Waals surface area contributed by atoms with Crippen LogP contribution in [-0.4, -0.2) is 23.7 Å². The largest absolute Gasteiger partial charge is 0.469 e. The maximum atomic E-state index is 12.4. The minimum atomic E-state index is -0.895. The Morgan fingerprint density at radius 2 is 1.84 bits per heavy atom. The number of carbonyl (C=O) groups excluding carboxylic acids is 2. The average Bonchev–Trinajstić information content (AvgIpc) is 3.05. The lowest BCUT2D eigenvalue weighted by molar-refractivity contribution is -0.157. The molecule has 0 spiro atoms. The normalized spacial score (nSPS) is 12.3. The molecule has 1 N–H and O–H groups in total. The topological polar surface area (TPSA) is 77.8 Å². The number of alkyl carbamates (subject to hydrolysis) is 1. The van der Waals surface area contributed by atoms with Crippen molar-refractivity contribution in [1.82, 2.24) is 5.32 Å². The molecule has 25 heavy (non-hydrogen) atoms. The molecule has 1 aromatic heterocycles. The maximum Gasteiger partial charge on any atom is 0.408 e. The van der Waals surface area contributed by atoms with Crippen molar-refractivity contribution in [2.75, 3.05) is 0 Å². The van der Waals surface area contributed by atoms with Gasteiger partial charge in [-0.3, -0.25) is 0 Å². The molecular formula is C19H23NO5. The molecule has 0 aliphatic heterocycles. The van der Waals surface area contributed by atoms with E-state index in [1.54, 1.807) is 32.9 Å². The van der Waals surface area contributed by atoms with Crippen molar-refractivity contribution < 1.29 is 23.5 Å². The fourth-order valence-corrected chi connectivity index (χ4v) is 2.10. The van der Waals surface area contributed by atoms with Gasteiger partial charge in [-0.2, -0.15) is 0 Å². The van der Waals surface area contributed by atoms with Crippen LogP contribution in [0.2, 0.25) is 0 Å². The number of furan rings is 1. The Labute approximate surface area is 147 Å². The second-order valence-corrected chi connectivity index (χ2v) is 6.58. The lowest BCUT2D eigenvalue weighted by Crippen LogP contribution is -2.45. The summed E-state index contributed by atoms with van der Waals surface area (Å²) in [5.41, 5.74) is 0.200. The monoisotopic (exact) mass is 345 g/mol. The maximum absolute atomic E-state index is 12.4. The summed E-state index contributed by atoms with van der Waals surface area (Å²) < 4.78 is 15.8. The highest BCUT2D eigenvalue weighted by atomic mass is 16.6. The molecule has 0 fully saturated rings. The quantitative estimate of drug-likeness (QED) is 0.811. The summed E-state index contributed by atoms with van der Waals surface area (Å²) in [5, 5.41) is 2.55. The van der Waals surface area contributed by atoms with E-state index in [-0.39, 0.29) is 13.0 Å². The predicted octanol–water partition coefficient (Wildman–Crippen LogP) is 3.46. The van der Waals surface area contributed by atoms with E-state index < -0.39 is 23.7 Å². The van der Waals surface area contributed by atoms with E-state index in [2.05, 4.69) is 5.32 Å². The summed E-state index contributed by atoms with van der Waals surface area (Å²) in [5.74, 6) is 0.0276. The second kappa shape index (κ2) is 8.37. The van der Waals surface area contributed by atoms with Gasteiger partial charge < -0.3 is 19.2 Å². The molecule has 134 valence electrons. The first-order chi connectivity index (χ1) is 11.8. The summed E-state index contributed by atoms with van der Waals surface area (Å²) >= 11 is 0. The average molecular weight is 345 g/mol. The molecule has 1 aromatic carbocycles. The minimum Gasteiger partial charge on any atom is -0.469 e. The third kappa shape index (κ3) is 6.71. The van der Waals surface area contributed by atoms with Crippen LogP contribution in [0.1, 0.15) is 32.1 Å². The van der Waals surface area contributed by atoms with E-state index in [0.29, 0.717) is 5.76 Å². The van der Waals surface area contributed by atoms with Crippen LogP contribution in [0.3, 0.4) is 0 Å². The number of carbonyl (C=O) groups is 2. The van der Waals surface area contributed by atoms with Crippen molar-refractivity contribution in [2.24, 2.45) is 0 Å². The zero-order valence-electron chi connectivity index (χ0n) is 14.7. The lowest BCUT2D eigenvalue weighted by atomic mass is 10.1. The summed E-state index contributed by atoms with van der Waals surface area (Å²) in [7, 11) is 0. The number of rotatable bonds is 6. The number of esters is 1. The molecule has 1 atom stereocenters. The highest BCUT2D eigenvalue weighted by Crippen LogP contribution is 2.12. The molecule has 2 aromatic rings. The van der Waals surface area contributed by atoms with E-state index in [1.165, 1.54) is 6.26 Å². The van der Waals surface area contributed by atoms with Crippen LogP contribution < -0.4 is 5.32 Å². The van der Waals surface area contributed by atoms with Crippen molar-refractivity contribution in [1.29, 1.82) is 0 Å². The molecule has 0 unspecified atom stereocenters. The second-order valence-electron chi connectivity index (χ2n) is 6.58. The molecule has 0 radical (unpaired) electrons. The summed E-state index contributed by atoms with van der Waals surface area (Å²) in [4.78, 5) is 24.4.